The Bertz CT molecular complexity index is 1540. The van der Waals surface area contributed by atoms with E-state index in [-0.39, 0.29) is 0 Å². The van der Waals surface area contributed by atoms with Crippen molar-refractivity contribution in [3.63, 3.8) is 0 Å². The lowest BCUT2D eigenvalue weighted by molar-refractivity contribution is 0.108. The molecule has 0 amide bonds. The predicted molar refractivity (Wildman–Crippen MR) is 115 cm³/mol. The number of rotatable bonds is 1. The normalized spacial score (nSPS) is 12.0. The van der Waals surface area contributed by atoms with Crippen LogP contribution < -0.4 is 0 Å². The van der Waals surface area contributed by atoms with Crippen molar-refractivity contribution in [2.24, 2.45) is 0 Å². The van der Waals surface area contributed by atoms with Crippen LogP contribution in [0.2, 0.25) is 0 Å². The summed E-state index contributed by atoms with van der Waals surface area (Å²) < 4.78 is 0. The quantitative estimate of drug-likeness (QED) is 0.170. The molecule has 0 atom stereocenters. The van der Waals surface area contributed by atoms with E-state index in [4.69, 9.17) is 11.6 Å². The molecule has 0 aromatic heterocycles. The van der Waals surface area contributed by atoms with Crippen molar-refractivity contribution < 1.29 is 4.79 Å². The Balaban J connectivity index is 2.12. The third-order valence-corrected chi connectivity index (χ3v) is 5.90. The van der Waals surface area contributed by atoms with Crippen LogP contribution in [0.1, 0.15) is 10.4 Å². The van der Waals surface area contributed by atoms with Gasteiger partial charge in [-0.2, -0.15) is 0 Å². The van der Waals surface area contributed by atoms with Gasteiger partial charge in [0.25, 0.3) is 5.24 Å². The summed E-state index contributed by atoms with van der Waals surface area (Å²) in [6, 6.07) is 27.1. The second-order valence-corrected chi connectivity index (χ2v) is 7.35. The number of benzene rings is 6. The molecular weight excluding hydrogens is 352 g/mol. The van der Waals surface area contributed by atoms with E-state index in [1.807, 2.05) is 30.3 Å². The van der Waals surface area contributed by atoms with Gasteiger partial charge in [0.2, 0.25) is 0 Å². The van der Waals surface area contributed by atoms with Crippen LogP contribution in [0.3, 0.4) is 0 Å². The molecule has 1 nitrogen and oxygen atoms in total. The number of carbonyl (C=O) groups excluding carboxylic acids is 1. The lowest BCUT2D eigenvalue weighted by Crippen LogP contribution is -1.96. The van der Waals surface area contributed by atoms with E-state index in [0.29, 0.717) is 5.56 Å². The van der Waals surface area contributed by atoms with Crippen LogP contribution in [0.4, 0.5) is 0 Å². The molecule has 0 fully saturated rings. The molecule has 0 aliphatic heterocycles. The van der Waals surface area contributed by atoms with Crippen molar-refractivity contribution in [1.29, 1.82) is 0 Å². The number of hydrogen-bond donors (Lipinski definition) is 0. The van der Waals surface area contributed by atoms with Crippen molar-refractivity contribution in [2.75, 3.05) is 0 Å². The first-order valence-corrected chi connectivity index (χ1v) is 9.33. The smallest absolute Gasteiger partial charge is 0.253 e. The highest BCUT2D eigenvalue weighted by molar-refractivity contribution is 6.70. The van der Waals surface area contributed by atoms with Gasteiger partial charge in [0.05, 0.1) is 0 Å². The lowest BCUT2D eigenvalue weighted by Gasteiger charge is -2.18. The standard InChI is InChI=1S/C25H13ClO/c26-25(27)24-18-9-2-1-8-16(18)22-19-12-4-7-14-6-3-10-15(21(14)19)17-11-5-13-20(24)23(17)22/h1-13H. The fourth-order valence-corrected chi connectivity index (χ4v) is 4.92. The van der Waals surface area contributed by atoms with Gasteiger partial charge in [-0.1, -0.05) is 78.9 Å². The zero-order valence-electron chi connectivity index (χ0n) is 14.3. The molecular formula is C25H13ClO. The van der Waals surface area contributed by atoms with Crippen molar-refractivity contribution in [1.82, 2.24) is 0 Å². The summed E-state index contributed by atoms with van der Waals surface area (Å²) in [7, 11) is 0. The van der Waals surface area contributed by atoms with E-state index in [9.17, 15) is 4.79 Å². The molecule has 6 rings (SSSR count). The molecule has 0 unspecified atom stereocenters. The van der Waals surface area contributed by atoms with Crippen LogP contribution in [0.25, 0.3) is 53.9 Å². The summed E-state index contributed by atoms with van der Waals surface area (Å²) in [5.41, 5.74) is 0.597. The Hall–Kier alpha value is -3.16. The summed E-state index contributed by atoms with van der Waals surface area (Å²) in [6.45, 7) is 0. The third kappa shape index (κ3) is 1.82. The van der Waals surface area contributed by atoms with Gasteiger partial charge < -0.3 is 0 Å². The molecule has 0 saturated carbocycles. The second kappa shape index (κ2) is 5.18. The largest absolute Gasteiger partial charge is 0.276 e. The van der Waals surface area contributed by atoms with Crippen molar-refractivity contribution in [3.8, 4) is 0 Å². The molecule has 27 heavy (non-hydrogen) atoms. The Kier molecular flexibility index (Phi) is 2.87. The van der Waals surface area contributed by atoms with Crippen LogP contribution >= 0.6 is 11.6 Å². The molecule has 0 heterocycles. The lowest BCUT2D eigenvalue weighted by atomic mass is 9.85. The highest BCUT2D eigenvalue weighted by Gasteiger charge is 2.20. The summed E-state index contributed by atoms with van der Waals surface area (Å²) in [4.78, 5) is 12.4. The minimum atomic E-state index is -0.410. The fraction of sp³-hybridized carbons (Fsp3) is 0. The van der Waals surface area contributed by atoms with E-state index in [0.717, 1.165) is 26.9 Å². The van der Waals surface area contributed by atoms with Crippen LogP contribution in [0.5, 0.6) is 0 Å². The maximum Gasteiger partial charge on any atom is 0.253 e. The molecule has 0 aliphatic carbocycles. The maximum absolute atomic E-state index is 12.4. The van der Waals surface area contributed by atoms with Gasteiger partial charge in [-0.15, -0.1) is 0 Å². The molecule has 126 valence electrons. The van der Waals surface area contributed by atoms with Crippen molar-refractivity contribution in [3.05, 3.63) is 84.4 Å². The minimum Gasteiger partial charge on any atom is -0.276 e. The molecule has 6 aromatic carbocycles. The average Bonchev–Trinajstić information content (AvgIpc) is 2.70. The van der Waals surface area contributed by atoms with Gasteiger partial charge in [-0.25, -0.2) is 0 Å². The minimum absolute atomic E-state index is 0.410. The first kappa shape index (κ1) is 15.0. The Labute approximate surface area is 160 Å². The number of fused-ring (bicyclic) bond motifs is 4. The first-order chi connectivity index (χ1) is 13.3. The van der Waals surface area contributed by atoms with Gasteiger partial charge in [-0.05, 0) is 65.5 Å². The fourth-order valence-electron chi connectivity index (χ4n) is 4.72. The number of carbonyl (C=O) groups is 1. The summed E-state index contributed by atoms with van der Waals surface area (Å²) >= 11 is 6.07. The number of halogens is 1. The van der Waals surface area contributed by atoms with E-state index < -0.39 is 5.24 Å². The van der Waals surface area contributed by atoms with Crippen LogP contribution in [-0.2, 0) is 0 Å². The predicted octanol–water partition coefficient (Wildman–Crippen LogP) is 7.27. The Morgan fingerprint density at radius 3 is 1.74 bits per heavy atom. The van der Waals surface area contributed by atoms with E-state index in [1.54, 1.807) is 0 Å². The molecule has 0 radical (unpaired) electrons. The molecule has 0 spiro atoms. The van der Waals surface area contributed by atoms with Gasteiger partial charge in [-0.3, -0.25) is 4.79 Å². The second-order valence-electron chi connectivity index (χ2n) is 7.01. The maximum atomic E-state index is 12.4. The average molecular weight is 365 g/mol. The van der Waals surface area contributed by atoms with Crippen LogP contribution in [0.15, 0.2) is 78.9 Å². The van der Waals surface area contributed by atoms with Crippen molar-refractivity contribution in [2.45, 2.75) is 0 Å². The zero-order chi connectivity index (χ0) is 18.1. The molecule has 6 aromatic rings. The zero-order valence-corrected chi connectivity index (χ0v) is 15.0. The molecule has 0 bridgehead atoms. The monoisotopic (exact) mass is 364 g/mol. The van der Waals surface area contributed by atoms with Gasteiger partial charge >= 0.3 is 0 Å². The highest BCUT2D eigenvalue weighted by atomic mass is 35.5. The molecule has 2 heteroatoms. The van der Waals surface area contributed by atoms with Crippen LogP contribution in [0, 0.1) is 0 Å². The van der Waals surface area contributed by atoms with Gasteiger partial charge in [0, 0.05) is 5.56 Å². The van der Waals surface area contributed by atoms with Crippen molar-refractivity contribution >= 4 is 70.7 Å². The third-order valence-electron chi connectivity index (χ3n) is 5.71. The molecule has 0 saturated heterocycles. The first-order valence-electron chi connectivity index (χ1n) is 8.95. The number of hydrogen-bond acceptors (Lipinski definition) is 1. The topological polar surface area (TPSA) is 17.1 Å². The summed E-state index contributed by atoms with van der Waals surface area (Å²) in [5, 5.41) is 10.9. The van der Waals surface area contributed by atoms with Gasteiger partial charge in [0.1, 0.15) is 0 Å². The summed E-state index contributed by atoms with van der Waals surface area (Å²) in [5.74, 6) is 0. The van der Waals surface area contributed by atoms with Gasteiger partial charge in [0.15, 0.2) is 0 Å². The van der Waals surface area contributed by atoms with Crippen LogP contribution in [-0.4, -0.2) is 5.24 Å². The van der Waals surface area contributed by atoms with E-state index >= 15 is 0 Å². The molecule has 0 N–H and O–H groups in total. The van der Waals surface area contributed by atoms with E-state index in [1.165, 1.54) is 26.9 Å². The SMILES string of the molecule is O=C(Cl)c1c2ccccc2c2c3cccc4cccc(c5cccc1c52)c43. The molecule has 0 aliphatic rings. The Morgan fingerprint density at radius 1 is 0.519 bits per heavy atom. The summed E-state index contributed by atoms with van der Waals surface area (Å²) in [6.07, 6.45) is 0. The highest BCUT2D eigenvalue weighted by Crippen LogP contribution is 2.45. The van der Waals surface area contributed by atoms with E-state index in [2.05, 4.69) is 48.5 Å². The Morgan fingerprint density at radius 2 is 1.00 bits per heavy atom.